The van der Waals surface area contributed by atoms with Crippen LogP contribution in [0.5, 0.6) is 5.75 Å². The van der Waals surface area contributed by atoms with Crippen molar-refractivity contribution in [1.82, 2.24) is 25.3 Å². The van der Waals surface area contributed by atoms with Crippen LogP contribution >= 0.6 is 0 Å². The summed E-state index contributed by atoms with van der Waals surface area (Å²) >= 11 is 0. The molecule has 2 aliphatic rings. The molecule has 2 fully saturated rings. The molecule has 9 nitrogen and oxygen atoms in total. The number of carbonyl (C=O) groups is 2. The number of nitrogens with zero attached hydrogens (tertiary/aromatic N) is 4. The maximum Gasteiger partial charge on any atom is 0.255 e. The molecule has 1 unspecified atom stereocenters. The topological polar surface area (TPSA) is 101 Å². The molecule has 2 heterocycles. The van der Waals surface area contributed by atoms with E-state index in [0.29, 0.717) is 13.1 Å². The number of hydrogen-bond acceptors (Lipinski definition) is 5. The van der Waals surface area contributed by atoms with Crippen LogP contribution in [0.3, 0.4) is 0 Å². The zero-order chi connectivity index (χ0) is 22.9. The summed E-state index contributed by atoms with van der Waals surface area (Å²) in [7, 11) is 0. The molecule has 3 rings (SSSR count). The first-order valence-corrected chi connectivity index (χ1v) is 11.6. The Hall–Kier alpha value is -2.81. The Morgan fingerprint density at radius 3 is 2.38 bits per heavy atom. The summed E-state index contributed by atoms with van der Waals surface area (Å²) in [5, 5.41) is 15.9. The van der Waals surface area contributed by atoms with E-state index in [9.17, 15) is 14.7 Å². The van der Waals surface area contributed by atoms with Gasteiger partial charge in [0.05, 0.1) is 18.2 Å². The lowest BCUT2D eigenvalue weighted by Crippen LogP contribution is -2.57. The van der Waals surface area contributed by atoms with E-state index in [2.05, 4.69) is 25.4 Å². The molecule has 9 heteroatoms. The van der Waals surface area contributed by atoms with Crippen molar-refractivity contribution in [1.29, 1.82) is 0 Å². The van der Waals surface area contributed by atoms with Gasteiger partial charge in [-0.1, -0.05) is 12.1 Å². The van der Waals surface area contributed by atoms with Crippen molar-refractivity contribution in [3.05, 3.63) is 29.8 Å². The van der Waals surface area contributed by atoms with Gasteiger partial charge in [-0.3, -0.25) is 19.5 Å². The van der Waals surface area contributed by atoms with Crippen molar-refractivity contribution < 1.29 is 14.7 Å². The zero-order valence-electron chi connectivity index (χ0n) is 19.2. The minimum atomic E-state index is -0.312. The summed E-state index contributed by atoms with van der Waals surface area (Å²) in [6.45, 7) is 10.6. The lowest BCUT2D eigenvalue weighted by Gasteiger charge is -2.39. The van der Waals surface area contributed by atoms with Crippen LogP contribution in [-0.4, -0.2) is 103 Å². The lowest BCUT2D eigenvalue weighted by molar-refractivity contribution is -0.135. The Labute approximate surface area is 190 Å². The number of para-hydroxylation sites is 1. The Balaban J connectivity index is 1.47. The maximum atomic E-state index is 12.7. The summed E-state index contributed by atoms with van der Waals surface area (Å²) in [4.78, 5) is 36.0. The molecular formula is C23H36N6O3. The number of carbonyl (C=O) groups excluding carboxylic acids is 2. The number of aromatic hydroxyl groups is 1. The van der Waals surface area contributed by atoms with Gasteiger partial charge >= 0.3 is 0 Å². The average Bonchev–Trinajstić information content (AvgIpc) is 3.35. The highest BCUT2D eigenvalue weighted by atomic mass is 16.3. The molecule has 3 N–H and O–H groups in total. The normalized spacial score (nSPS) is 18.5. The van der Waals surface area contributed by atoms with Crippen molar-refractivity contribution in [2.75, 3.05) is 58.9 Å². The largest absolute Gasteiger partial charge is 0.507 e. The van der Waals surface area contributed by atoms with E-state index in [-0.39, 0.29) is 29.2 Å². The number of nitrogens with one attached hydrogen (secondary N) is 2. The Bertz CT molecular complexity index is 801. The molecule has 0 saturated carbocycles. The summed E-state index contributed by atoms with van der Waals surface area (Å²) in [5.74, 6) is 0.727. The zero-order valence-corrected chi connectivity index (χ0v) is 19.2. The second kappa shape index (κ2) is 11.7. The number of benzene rings is 1. The predicted molar refractivity (Wildman–Crippen MR) is 125 cm³/mol. The summed E-state index contributed by atoms with van der Waals surface area (Å²) in [5.41, 5.74) is 0.261. The van der Waals surface area contributed by atoms with Gasteiger partial charge in [0.25, 0.3) is 5.91 Å². The first-order valence-electron chi connectivity index (χ1n) is 11.6. The average molecular weight is 445 g/mol. The Morgan fingerprint density at radius 1 is 1.03 bits per heavy atom. The SMILES string of the molecule is CCNC(=NCCNC(=O)c1ccccc1O)N1CCN(C(C)C(=O)N2CCCC2)CC1. The molecule has 2 amide bonds. The van der Waals surface area contributed by atoms with Gasteiger partial charge in [-0.25, -0.2) is 0 Å². The molecule has 0 aliphatic carbocycles. The molecule has 0 spiro atoms. The van der Waals surface area contributed by atoms with Crippen molar-refractivity contribution in [3.63, 3.8) is 0 Å². The van der Waals surface area contributed by atoms with Crippen molar-refractivity contribution in [3.8, 4) is 5.75 Å². The number of rotatable bonds is 7. The quantitative estimate of drug-likeness (QED) is 0.326. The van der Waals surface area contributed by atoms with E-state index in [0.717, 1.165) is 64.6 Å². The molecule has 1 aromatic rings. The summed E-state index contributed by atoms with van der Waals surface area (Å²) < 4.78 is 0. The molecule has 1 aromatic carbocycles. The molecule has 2 saturated heterocycles. The third-order valence-electron chi connectivity index (χ3n) is 6.08. The number of amides is 2. The van der Waals surface area contributed by atoms with Gasteiger partial charge in [0, 0.05) is 52.4 Å². The van der Waals surface area contributed by atoms with Crippen LogP contribution in [0.1, 0.15) is 37.0 Å². The van der Waals surface area contributed by atoms with Gasteiger partial charge < -0.3 is 25.5 Å². The lowest BCUT2D eigenvalue weighted by atomic mass is 10.2. The van der Waals surface area contributed by atoms with E-state index in [1.807, 2.05) is 18.7 Å². The van der Waals surface area contributed by atoms with Gasteiger partial charge in [0.2, 0.25) is 5.91 Å². The van der Waals surface area contributed by atoms with Crippen molar-refractivity contribution in [2.45, 2.75) is 32.7 Å². The highest BCUT2D eigenvalue weighted by Crippen LogP contribution is 2.15. The number of likely N-dealkylation sites (tertiary alicyclic amines) is 1. The fourth-order valence-electron chi connectivity index (χ4n) is 4.20. The Morgan fingerprint density at radius 2 is 1.72 bits per heavy atom. The second-order valence-electron chi connectivity index (χ2n) is 8.24. The highest BCUT2D eigenvalue weighted by molar-refractivity contribution is 5.96. The van der Waals surface area contributed by atoms with E-state index in [1.165, 1.54) is 6.07 Å². The monoisotopic (exact) mass is 444 g/mol. The first-order chi connectivity index (χ1) is 15.5. The van der Waals surface area contributed by atoms with Crippen LogP contribution in [0.25, 0.3) is 0 Å². The molecule has 176 valence electrons. The summed E-state index contributed by atoms with van der Waals surface area (Å²) in [6, 6.07) is 6.40. The fraction of sp³-hybridized carbons (Fsp3) is 0.609. The summed E-state index contributed by atoms with van der Waals surface area (Å²) in [6.07, 6.45) is 2.23. The second-order valence-corrected chi connectivity index (χ2v) is 8.24. The number of aliphatic imine (C=N–C) groups is 1. The van der Waals surface area contributed by atoms with Crippen molar-refractivity contribution >= 4 is 17.8 Å². The van der Waals surface area contributed by atoms with Crippen molar-refractivity contribution in [2.24, 2.45) is 4.99 Å². The van der Waals surface area contributed by atoms with Gasteiger partial charge in [-0.05, 0) is 38.8 Å². The third-order valence-corrected chi connectivity index (χ3v) is 6.08. The molecule has 32 heavy (non-hydrogen) atoms. The van der Waals surface area contributed by atoms with Crippen LogP contribution < -0.4 is 10.6 Å². The van der Waals surface area contributed by atoms with E-state index in [4.69, 9.17) is 0 Å². The van der Waals surface area contributed by atoms with Gasteiger partial charge in [-0.15, -0.1) is 0 Å². The number of hydrogen-bond donors (Lipinski definition) is 3. The molecular weight excluding hydrogens is 408 g/mol. The fourth-order valence-corrected chi connectivity index (χ4v) is 4.20. The molecule has 0 aromatic heterocycles. The first kappa shape index (κ1) is 23.8. The van der Waals surface area contributed by atoms with Crippen LogP contribution in [0, 0.1) is 0 Å². The number of guanidine groups is 1. The van der Waals surface area contributed by atoms with Gasteiger partial charge in [0.1, 0.15) is 5.75 Å². The standard InChI is InChI=1S/C23H36N6O3/c1-3-24-23(26-11-10-25-21(31)19-8-4-5-9-20(19)30)29-16-14-27(15-17-29)18(2)22(32)28-12-6-7-13-28/h4-5,8-9,18,30H,3,6-7,10-17H2,1-2H3,(H,24,26)(H,25,31). The predicted octanol–water partition coefficient (Wildman–Crippen LogP) is 0.716. The number of phenols is 1. The van der Waals surface area contributed by atoms with Crippen LogP contribution in [0.4, 0.5) is 0 Å². The minimum Gasteiger partial charge on any atom is -0.507 e. The minimum absolute atomic E-state index is 0.0304. The molecule has 1 atom stereocenters. The number of phenolic OH excluding ortho intramolecular Hbond substituents is 1. The highest BCUT2D eigenvalue weighted by Gasteiger charge is 2.30. The van der Waals surface area contributed by atoms with E-state index < -0.39 is 0 Å². The van der Waals surface area contributed by atoms with E-state index >= 15 is 0 Å². The molecule has 2 aliphatic heterocycles. The molecule has 0 radical (unpaired) electrons. The van der Waals surface area contributed by atoms with Crippen LogP contribution in [0.15, 0.2) is 29.3 Å². The smallest absolute Gasteiger partial charge is 0.255 e. The van der Waals surface area contributed by atoms with Crippen LogP contribution in [0.2, 0.25) is 0 Å². The van der Waals surface area contributed by atoms with Gasteiger partial charge in [0.15, 0.2) is 5.96 Å². The maximum absolute atomic E-state index is 12.7. The third kappa shape index (κ3) is 6.12. The Kier molecular flexibility index (Phi) is 8.72. The van der Waals surface area contributed by atoms with Crippen LogP contribution in [-0.2, 0) is 4.79 Å². The van der Waals surface area contributed by atoms with E-state index in [1.54, 1.807) is 18.2 Å². The molecule has 0 bridgehead atoms. The number of piperazine rings is 1. The van der Waals surface area contributed by atoms with Gasteiger partial charge in [-0.2, -0.15) is 0 Å².